The lowest BCUT2D eigenvalue weighted by Crippen LogP contribution is -2.60. The molecule has 28 heavy (non-hydrogen) atoms. The largest absolute Gasteiger partial charge is 0.376 e. The Bertz CT molecular complexity index is 680. The Morgan fingerprint density at radius 3 is 1.93 bits per heavy atom. The topological polar surface area (TPSA) is 66.4 Å². The van der Waals surface area contributed by atoms with E-state index in [4.69, 9.17) is 23.7 Å². The molecule has 0 bridgehead atoms. The SMILES string of the molecule is CO[C@@H]1[C@@H](OCc2ccccc2)[C@H](O)O[C@H](COCc2ccccc2)[C@@H]1OC. The third-order valence-electron chi connectivity index (χ3n) is 4.83. The number of rotatable bonds is 9. The standard InChI is InChI=1S/C22H28O6/c1-24-19-18(15-26-13-16-9-5-3-6-10-16)28-22(23)21(20(19)25-2)27-14-17-11-7-4-8-12-17/h3-12,18-23H,13-15H2,1-2H3/t18-,19+,20+,21-,22-/m1/s1. The molecule has 0 aliphatic carbocycles. The van der Waals surface area contributed by atoms with Gasteiger partial charge in [-0.25, -0.2) is 0 Å². The fourth-order valence-corrected chi connectivity index (χ4v) is 3.39. The molecule has 3 rings (SSSR count). The monoisotopic (exact) mass is 388 g/mol. The van der Waals surface area contributed by atoms with Gasteiger partial charge < -0.3 is 28.8 Å². The van der Waals surface area contributed by atoms with E-state index in [1.54, 1.807) is 14.2 Å². The van der Waals surface area contributed by atoms with Crippen LogP contribution in [0.2, 0.25) is 0 Å². The van der Waals surface area contributed by atoms with Crippen LogP contribution in [0.1, 0.15) is 11.1 Å². The van der Waals surface area contributed by atoms with Crippen LogP contribution in [0.15, 0.2) is 60.7 Å². The van der Waals surface area contributed by atoms with Crippen LogP contribution < -0.4 is 0 Å². The fraction of sp³-hybridized carbons (Fsp3) is 0.455. The summed E-state index contributed by atoms with van der Waals surface area (Å²) in [4.78, 5) is 0. The molecule has 0 spiro atoms. The summed E-state index contributed by atoms with van der Waals surface area (Å²) in [6.07, 6.45) is -3.18. The minimum atomic E-state index is -1.13. The number of aliphatic hydroxyl groups is 1. The lowest BCUT2D eigenvalue weighted by molar-refractivity contribution is -0.307. The molecule has 1 aliphatic heterocycles. The normalized spacial score (nSPS) is 27.6. The number of ether oxygens (including phenoxy) is 5. The van der Waals surface area contributed by atoms with Gasteiger partial charge in [-0.3, -0.25) is 0 Å². The highest BCUT2D eigenvalue weighted by atomic mass is 16.7. The molecule has 152 valence electrons. The summed E-state index contributed by atoms with van der Waals surface area (Å²) in [5, 5.41) is 10.5. The summed E-state index contributed by atoms with van der Waals surface area (Å²) in [5.74, 6) is 0. The van der Waals surface area contributed by atoms with Gasteiger partial charge in [-0.1, -0.05) is 60.7 Å². The second-order valence-corrected chi connectivity index (χ2v) is 6.73. The van der Waals surface area contributed by atoms with Crippen LogP contribution in [0.25, 0.3) is 0 Å². The average Bonchev–Trinajstić information content (AvgIpc) is 2.74. The van der Waals surface area contributed by atoms with E-state index in [1.165, 1.54) is 0 Å². The molecular formula is C22H28O6. The van der Waals surface area contributed by atoms with Crippen molar-refractivity contribution in [1.82, 2.24) is 0 Å². The zero-order chi connectivity index (χ0) is 19.8. The lowest BCUT2D eigenvalue weighted by Gasteiger charge is -2.43. The molecule has 0 aromatic heterocycles. The minimum Gasteiger partial charge on any atom is -0.376 e. The van der Waals surface area contributed by atoms with Crippen LogP contribution in [0.4, 0.5) is 0 Å². The Hall–Kier alpha value is -1.80. The molecule has 1 N–H and O–H groups in total. The van der Waals surface area contributed by atoms with E-state index in [-0.39, 0.29) is 6.61 Å². The Morgan fingerprint density at radius 2 is 1.36 bits per heavy atom. The van der Waals surface area contributed by atoms with E-state index in [0.717, 1.165) is 11.1 Å². The second kappa shape index (κ2) is 10.7. The van der Waals surface area contributed by atoms with Crippen LogP contribution in [-0.2, 0) is 36.9 Å². The third-order valence-corrected chi connectivity index (χ3v) is 4.83. The van der Waals surface area contributed by atoms with Crippen molar-refractivity contribution in [2.24, 2.45) is 0 Å². The summed E-state index contributed by atoms with van der Waals surface area (Å²) < 4.78 is 28.7. The lowest BCUT2D eigenvalue weighted by atomic mass is 9.98. The molecule has 1 aliphatic rings. The highest BCUT2D eigenvalue weighted by Crippen LogP contribution is 2.27. The second-order valence-electron chi connectivity index (χ2n) is 6.73. The highest BCUT2D eigenvalue weighted by molar-refractivity contribution is 5.14. The molecule has 1 heterocycles. The number of hydrogen-bond donors (Lipinski definition) is 1. The maximum absolute atomic E-state index is 10.5. The molecule has 0 amide bonds. The summed E-state index contributed by atoms with van der Waals surface area (Å²) in [6, 6.07) is 19.6. The summed E-state index contributed by atoms with van der Waals surface area (Å²) in [5.41, 5.74) is 2.08. The maximum Gasteiger partial charge on any atom is 0.184 e. The van der Waals surface area contributed by atoms with Crippen LogP contribution in [-0.4, -0.2) is 56.6 Å². The first-order valence-electron chi connectivity index (χ1n) is 9.39. The quantitative estimate of drug-likeness (QED) is 0.712. The van der Waals surface area contributed by atoms with Gasteiger partial charge in [0.05, 0.1) is 19.8 Å². The van der Waals surface area contributed by atoms with Crippen molar-refractivity contribution in [1.29, 1.82) is 0 Å². The number of benzene rings is 2. The first kappa shape index (κ1) is 20.9. The fourth-order valence-electron chi connectivity index (χ4n) is 3.39. The van der Waals surface area contributed by atoms with Gasteiger partial charge in [-0.05, 0) is 11.1 Å². The van der Waals surface area contributed by atoms with Gasteiger partial charge in [0.15, 0.2) is 6.29 Å². The van der Waals surface area contributed by atoms with Crippen LogP contribution in [0.3, 0.4) is 0 Å². The van der Waals surface area contributed by atoms with Crippen molar-refractivity contribution in [3.05, 3.63) is 71.8 Å². The Balaban J connectivity index is 1.59. The highest BCUT2D eigenvalue weighted by Gasteiger charge is 2.47. The van der Waals surface area contributed by atoms with E-state index in [1.807, 2.05) is 60.7 Å². The van der Waals surface area contributed by atoms with Crippen molar-refractivity contribution in [3.8, 4) is 0 Å². The number of hydrogen-bond acceptors (Lipinski definition) is 6. The van der Waals surface area contributed by atoms with Crippen molar-refractivity contribution in [2.75, 3.05) is 20.8 Å². The predicted octanol–water partition coefficient (Wildman–Crippen LogP) is 2.54. The average molecular weight is 388 g/mol. The molecule has 5 atom stereocenters. The van der Waals surface area contributed by atoms with E-state index >= 15 is 0 Å². The van der Waals surface area contributed by atoms with Crippen molar-refractivity contribution in [2.45, 2.75) is 43.9 Å². The Labute approximate surface area is 165 Å². The predicted molar refractivity (Wildman–Crippen MR) is 104 cm³/mol. The van der Waals surface area contributed by atoms with Crippen molar-refractivity contribution >= 4 is 0 Å². The summed E-state index contributed by atoms with van der Waals surface area (Å²) >= 11 is 0. The van der Waals surface area contributed by atoms with Crippen molar-refractivity contribution < 1.29 is 28.8 Å². The zero-order valence-electron chi connectivity index (χ0n) is 16.3. The van der Waals surface area contributed by atoms with Crippen molar-refractivity contribution in [3.63, 3.8) is 0 Å². The van der Waals surface area contributed by atoms with E-state index in [2.05, 4.69) is 0 Å². The number of methoxy groups -OCH3 is 2. The first-order valence-corrected chi connectivity index (χ1v) is 9.39. The molecule has 2 aromatic rings. The first-order chi connectivity index (χ1) is 13.7. The molecule has 1 saturated heterocycles. The van der Waals surface area contributed by atoms with Gasteiger partial charge in [0.2, 0.25) is 0 Å². The van der Waals surface area contributed by atoms with Gasteiger partial charge in [-0.2, -0.15) is 0 Å². The molecular weight excluding hydrogens is 360 g/mol. The van der Waals surface area contributed by atoms with Gasteiger partial charge in [-0.15, -0.1) is 0 Å². The van der Waals surface area contributed by atoms with Crippen LogP contribution in [0, 0.1) is 0 Å². The molecule has 0 saturated carbocycles. The van der Waals surface area contributed by atoms with Crippen LogP contribution >= 0.6 is 0 Å². The molecule has 6 nitrogen and oxygen atoms in total. The van der Waals surface area contributed by atoms with E-state index < -0.39 is 30.7 Å². The van der Waals surface area contributed by atoms with Crippen LogP contribution in [0.5, 0.6) is 0 Å². The molecule has 2 aromatic carbocycles. The van der Waals surface area contributed by atoms with Gasteiger partial charge in [0.1, 0.15) is 24.4 Å². The zero-order valence-corrected chi connectivity index (χ0v) is 16.3. The van der Waals surface area contributed by atoms with Gasteiger partial charge in [0, 0.05) is 14.2 Å². The van der Waals surface area contributed by atoms with Gasteiger partial charge >= 0.3 is 0 Å². The third kappa shape index (κ3) is 5.38. The van der Waals surface area contributed by atoms with Gasteiger partial charge in [0.25, 0.3) is 0 Å². The minimum absolute atomic E-state index is 0.274. The Morgan fingerprint density at radius 1 is 0.786 bits per heavy atom. The summed E-state index contributed by atoms with van der Waals surface area (Å²) in [7, 11) is 3.17. The molecule has 0 unspecified atom stereocenters. The smallest absolute Gasteiger partial charge is 0.184 e. The van der Waals surface area contributed by atoms with E-state index in [0.29, 0.717) is 13.2 Å². The maximum atomic E-state index is 10.5. The van der Waals surface area contributed by atoms with E-state index in [9.17, 15) is 5.11 Å². The number of aliphatic hydroxyl groups excluding tert-OH is 1. The molecule has 1 fully saturated rings. The Kier molecular flexibility index (Phi) is 7.97. The molecule has 6 heteroatoms. The summed E-state index contributed by atoms with van der Waals surface area (Å²) in [6.45, 7) is 1.08. The molecule has 0 radical (unpaired) electrons.